The molecule has 3 nitrogen and oxygen atoms in total. The van der Waals surface area contributed by atoms with E-state index in [0.717, 1.165) is 37.6 Å². The Balaban J connectivity index is 2.09. The summed E-state index contributed by atoms with van der Waals surface area (Å²) in [4.78, 5) is 4.85. The Hall–Kier alpha value is -0.450. The van der Waals surface area contributed by atoms with Crippen molar-refractivity contribution >= 4 is 11.3 Å². The number of ether oxygens (including phenoxy) is 1. The van der Waals surface area contributed by atoms with Crippen LogP contribution in [0.15, 0.2) is 5.38 Å². The van der Waals surface area contributed by atoms with Crippen LogP contribution in [-0.2, 0) is 16.9 Å². The average Bonchev–Trinajstić information content (AvgIpc) is 2.89. The first kappa shape index (κ1) is 15.9. The molecule has 1 heterocycles. The van der Waals surface area contributed by atoms with Crippen LogP contribution in [-0.4, -0.2) is 17.6 Å². The van der Waals surface area contributed by atoms with Crippen LogP contribution < -0.4 is 5.32 Å². The van der Waals surface area contributed by atoms with Gasteiger partial charge >= 0.3 is 0 Å². The van der Waals surface area contributed by atoms with Gasteiger partial charge in [0.05, 0.1) is 5.69 Å². The summed E-state index contributed by atoms with van der Waals surface area (Å²) in [5.74, 6) is 0.825. The third-order valence-electron chi connectivity index (χ3n) is 4.14. The quantitative estimate of drug-likeness (QED) is 0.859. The summed E-state index contributed by atoms with van der Waals surface area (Å²) in [6.07, 6.45) is 4.73. The Labute approximate surface area is 127 Å². The molecule has 20 heavy (non-hydrogen) atoms. The van der Waals surface area contributed by atoms with Crippen LogP contribution in [0.25, 0.3) is 0 Å². The van der Waals surface area contributed by atoms with Gasteiger partial charge in [0.2, 0.25) is 0 Å². The lowest BCUT2D eigenvalue weighted by molar-refractivity contribution is -0.0777. The fourth-order valence-electron chi connectivity index (χ4n) is 2.83. The van der Waals surface area contributed by atoms with Crippen molar-refractivity contribution in [2.75, 3.05) is 6.61 Å². The number of thiazole rings is 1. The summed E-state index contributed by atoms with van der Waals surface area (Å²) < 4.78 is 6.17. The molecule has 1 fully saturated rings. The number of nitrogens with zero attached hydrogens (tertiary/aromatic N) is 1. The molecule has 0 aromatic carbocycles. The van der Waals surface area contributed by atoms with Gasteiger partial charge in [0.25, 0.3) is 0 Å². The Morgan fingerprint density at radius 3 is 2.75 bits per heavy atom. The summed E-state index contributed by atoms with van der Waals surface area (Å²) in [6, 6.07) is 0.497. The Morgan fingerprint density at radius 1 is 1.45 bits per heavy atom. The Bertz CT molecular complexity index is 408. The summed E-state index contributed by atoms with van der Waals surface area (Å²) in [5, 5.41) is 6.80. The number of aromatic nitrogens is 1. The van der Waals surface area contributed by atoms with Crippen LogP contribution in [0.2, 0.25) is 0 Å². The van der Waals surface area contributed by atoms with E-state index < -0.39 is 0 Å². The third kappa shape index (κ3) is 3.80. The molecule has 1 saturated carbocycles. The van der Waals surface area contributed by atoms with Crippen molar-refractivity contribution in [3.05, 3.63) is 16.1 Å². The molecule has 1 aliphatic carbocycles. The zero-order valence-corrected chi connectivity index (χ0v) is 14.1. The molecule has 1 N–H and O–H groups in total. The van der Waals surface area contributed by atoms with E-state index in [1.807, 2.05) is 0 Å². The first-order chi connectivity index (χ1) is 9.55. The SMILES string of the molecule is CCOC1(c2nc(CNC(C)C)cs2)CCC(C)CC1. The average molecular weight is 296 g/mol. The number of rotatable bonds is 6. The number of hydrogen-bond donors (Lipinski definition) is 1. The third-order valence-corrected chi connectivity index (χ3v) is 5.21. The molecular formula is C16H28N2OS. The highest BCUT2D eigenvalue weighted by Gasteiger charge is 2.39. The monoisotopic (exact) mass is 296 g/mol. The molecule has 4 heteroatoms. The molecule has 0 bridgehead atoms. The summed E-state index contributed by atoms with van der Waals surface area (Å²) in [5.41, 5.74) is 1.04. The van der Waals surface area contributed by atoms with Crippen LogP contribution in [0.4, 0.5) is 0 Å². The predicted octanol–water partition coefficient (Wildman–Crippen LogP) is 4.08. The van der Waals surface area contributed by atoms with Crippen molar-refractivity contribution in [1.29, 1.82) is 0 Å². The Morgan fingerprint density at radius 2 is 2.15 bits per heavy atom. The highest BCUT2D eigenvalue weighted by Crippen LogP contribution is 2.43. The van der Waals surface area contributed by atoms with E-state index in [4.69, 9.17) is 9.72 Å². The summed E-state index contributed by atoms with van der Waals surface area (Å²) in [6.45, 7) is 10.4. The molecule has 1 aromatic rings. The molecule has 0 saturated heterocycles. The van der Waals surface area contributed by atoms with Crippen LogP contribution in [0.1, 0.15) is 64.1 Å². The van der Waals surface area contributed by atoms with E-state index >= 15 is 0 Å². The topological polar surface area (TPSA) is 34.1 Å². The fraction of sp³-hybridized carbons (Fsp3) is 0.812. The van der Waals surface area contributed by atoms with Gasteiger partial charge in [-0.25, -0.2) is 4.98 Å². The van der Waals surface area contributed by atoms with Crippen LogP contribution in [0.5, 0.6) is 0 Å². The van der Waals surface area contributed by atoms with E-state index in [1.165, 1.54) is 17.8 Å². The van der Waals surface area contributed by atoms with E-state index in [1.54, 1.807) is 11.3 Å². The van der Waals surface area contributed by atoms with Gasteiger partial charge in [-0.15, -0.1) is 11.3 Å². The molecule has 1 aliphatic rings. The lowest BCUT2D eigenvalue weighted by Gasteiger charge is -2.37. The molecule has 0 radical (unpaired) electrons. The van der Waals surface area contributed by atoms with Crippen molar-refractivity contribution in [2.24, 2.45) is 5.92 Å². The minimum atomic E-state index is -0.109. The van der Waals surface area contributed by atoms with E-state index in [9.17, 15) is 0 Å². The molecule has 0 aliphatic heterocycles. The fourth-order valence-corrected chi connectivity index (χ4v) is 3.86. The highest BCUT2D eigenvalue weighted by atomic mass is 32.1. The van der Waals surface area contributed by atoms with Gasteiger partial charge < -0.3 is 10.1 Å². The second-order valence-corrected chi connectivity index (χ2v) is 7.15. The van der Waals surface area contributed by atoms with Crippen molar-refractivity contribution in [1.82, 2.24) is 10.3 Å². The maximum Gasteiger partial charge on any atom is 0.125 e. The maximum absolute atomic E-state index is 6.17. The lowest BCUT2D eigenvalue weighted by atomic mass is 9.79. The standard InChI is InChI=1S/C16H28N2OS/c1-5-19-16(8-6-13(4)7-9-16)15-18-14(11-20-15)10-17-12(2)3/h11-13,17H,5-10H2,1-4H3. The number of hydrogen-bond acceptors (Lipinski definition) is 4. The summed E-state index contributed by atoms with van der Waals surface area (Å²) >= 11 is 1.77. The first-order valence-corrected chi connectivity index (χ1v) is 8.76. The normalized spacial score (nSPS) is 27.1. The highest BCUT2D eigenvalue weighted by molar-refractivity contribution is 7.09. The molecule has 0 amide bonds. The van der Waals surface area contributed by atoms with Gasteiger partial charge in [0.15, 0.2) is 0 Å². The van der Waals surface area contributed by atoms with Gasteiger partial charge in [-0.2, -0.15) is 0 Å². The van der Waals surface area contributed by atoms with Gasteiger partial charge in [-0.3, -0.25) is 0 Å². The molecule has 0 unspecified atom stereocenters. The molecule has 1 aromatic heterocycles. The van der Waals surface area contributed by atoms with Crippen LogP contribution in [0, 0.1) is 5.92 Å². The van der Waals surface area contributed by atoms with Crippen molar-refractivity contribution < 1.29 is 4.74 Å². The second kappa shape index (κ2) is 7.01. The smallest absolute Gasteiger partial charge is 0.125 e. The lowest BCUT2D eigenvalue weighted by Crippen LogP contribution is -2.34. The second-order valence-electron chi connectivity index (χ2n) is 6.29. The van der Waals surface area contributed by atoms with E-state index in [-0.39, 0.29) is 5.60 Å². The van der Waals surface area contributed by atoms with Gasteiger partial charge in [-0.1, -0.05) is 20.8 Å². The summed E-state index contributed by atoms with van der Waals surface area (Å²) in [7, 11) is 0. The number of nitrogens with one attached hydrogen (secondary N) is 1. The van der Waals surface area contributed by atoms with Gasteiger partial charge in [0.1, 0.15) is 10.6 Å². The van der Waals surface area contributed by atoms with Gasteiger partial charge in [-0.05, 0) is 38.5 Å². The van der Waals surface area contributed by atoms with Crippen LogP contribution >= 0.6 is 11.3 Å². The minimum absolute atomic E-state index is 0.109. The molecule has 0 spiro atoms. The first-order valence-electron chi connectivity index (χ1n) is 7.88. The molecule has 2 rings (SSSR count). The van der Waals surface area contributed by atoms with Crippen LogP contribution in [0.3, 0.4) is 0 Å². The molecule has 0 atom stereocenters. The van der Waals surface area contributed by atoms with Gasteiger partial charge in [0, 0.05) is 24.6 Å². The molecule has 114 valence electrons. The van der Waals surface area contributed by atoms with E-state index in [0.29, 0.717) is 6.04 Å². The van der Waals surface area contributed by atoms with E-state index in [2.05, 4.69) is 38.4 Å². The molecular weight excluding hydrogens is 268 g/mol. The van der Waals surface area contributed by atoms with Crippen molar-refractivity contribution in [3.63, 3.8) is 0 Å². The minimum Gasteiger partial charge on any atom is -0.368 e. The zero-order valence-electron chi connectivity index (χ0n) is 13.2. The largest absolute Gasteiger partial charge is 0.368 e. The maximum atomic E-state index is 6.17. The predicted molar refractivity (Wildman–Crippen MR) is 85.0 cm³/mol. The van der Waals surface area contributed by atoms with Crippen molar-refractivity contribution in [3.8, 4) is 0 Å². The van der Waals surface area contributed by atoms with Crippen molar-refractivity contribution in [2.45, 2.75) is 71.6 Å². The Kier molecular flexibility index (Phi) is 5.58. The zero-order chi connectivity index (χ0) is 14.6.